The lowest BCUT2D eigenvalue weighted by atomic mass is 9.97. The topological polar surface area (TPSA) is 85.0 Å². The van der Waals surface area contributed by atoms with Gasteiger partial charge in [0.15, 0.2) is 0 Å². The molecule has 2 aromatic rings. The average Bonchev–Trinajstić information content (AvgIpc) is 3.00. The first kappa shape index (κ1) is 17.6. The summed E-state index contributed by atoms with van der Waals surface area (Å²) in [5.41, 5.74) is 1.12. The number of nitrogens with zero attached hydrogens (tertiary/aromatic N) is 5. The predicted octanol–water partition coefficient (Wildman–Crippen LogP) is 1.89. The molecular formula is C17H20F2N6O2. The molecule has 2 unspecified atom stereocenters. The molecule has 1 aliphatic heterocycles. The predicted molar refractivity (Wildman–Crippen MR) is 91.0 cm³/mol. The second kappa shape index (κ2) is 6.43. The summed E-state index contributed by atoms with van der Waals surface area (Å²) in [6, 6.07) is -1.17. The quantitative estimate of drug-likeness (QED) is 0.827. The maximum Gasteiger partial charge on any atom is 0.314 e. The number of aromatic nitrogens is 4. The van der Waals surface area contributed by atoms with E-state index in [4.69, 9.17) is 0 Å². The van der Waals surface area contributed by atoms with Crippen LogP contribution in [0.5, 0.6) is 0 Å². The number of aryl methyl sites for hydroxylation is 1. The third-order valence-electron chi connectivity index (χ3n) is 5.04. The zero-order valence-corrected chi connectivity index (χ0v) is 14.8. The van der Waals surface area contributed by atoms with Gasteiger partial charge in [0, 0.05) is 38.0 Å². The molecule has 8 nitrogen and oxygen atoms in total. The summed E-state index contributed by atoms with van der Waals surface area (Å²) in [5.74, 6) is -4.20. The monoisotopic (exact) mass is 378 g/mol. The number of carbonyl (C=O) groups excluding carboxylic acids is 2. The Morgan fingerprint density at radius 1 is 1.22 bits per heavy atom. The Kier molecular flexibility index (Phi) is 4.20. The van der Waals surface area contributed by atoms with E-state index < -0.39 is 23.8 Å². The molecule has 2 amide bonds. The van der Waals surface area contributed by atoms with E-state index in [2.05, 4.69) is 15.5 Å². The number of rotatable bonds is 3. The number of carbonyl (C=O) groups is 2. The molecule has 4 rings (SSSR count). The van der Waals surface area contributed by atoms with Gasteiger partial charge >= 0.3 is 11.8 Å². The second-order valence-electron chi connectivity index (χ2n) is 7.10. The zero-order valence-electron chi connectivity index (χ0n) is 14.8. The third-order valence-corrected chi connectivity index (χ3v) is 5.04. The molecule has 0 spiro atoms. The van der Waals surface area contributed by atoms with E-state index in [1.54, 1.807) is 22.8 Å². The number of hydrogen-bond donors (Lipinski definition) is 1. The Labute approximate surface area is 154 Å². The standard InChI is InChI=1S/C17H20F2N6O2/c1-23-9-11(7-20-23)13-4-2-3-5-24(13)16(27)15(26)22-12-8-21-25(10-12)14-6-17(14,18)19/h7-10,13-14H,2-6H2,1H3,(H,22,26). The van der Waals surface area contributed by atoms with Gasteiger partial charge in [-0.1, -0.05) is 0 Å². The highest BCUT2D eigenvalue weighted by Gasteiger charge is 2.59. The van der Waals surface area contributed by atoms with Crippen LogP contribution in [0.1, 0.15) is 43.3 Å². The number of halogens is 2. The maximum absolute atomic E-state index is 13.1. The Morgan fingerprint density at radius 3 is 2.67 bits per heavy atom. The SMILES string of the molecule is Cn1cc(C2CCCCN2C(=O)C(=O)Nc2cnn(C3CC3(F)F)c2)cn1. The lowest BCUT2D eigenvalue weighted by Crippen LogP contribution is -2.44. The number of alkyl halides is 2. The molecule has 1 N–H and O–H groups in total. The number of likely N-dealkylation sites (tertiary alicyclic amines) is 1. The van der Waals surface area contributed by atoms with Crippen LogP contribution in [0.3, 0.4) is 0 Å². The van der Waals surface area contributed by atoms with E-state index in [9.17, 15) is 18.4 Å². The third kappa shape index (κ3) is 3.43. The molecule has 2 aliphatic rings. The van der Waals surface area contributed by atoms with Crippen LogP contribution in [-0.2, 0) is 16.6 Å². The van der Waals surface area contributed by atoms with Gasteiger partial charge < -0.3 is 10.2 Å². The number of hydrogen-bond acceptors (Lipinski definition) is 4. The molecule has 10 heteroatoms. The Bertz CT molecular complexity index is 876. The van der Waals surface area contributed by atoms with E-state index in [1.807, 2.05) is 6.20 Å². The van der Waals surface area contributed by atoms with E-state index in [0.717, 1.165) is 29.5 Å². The molecule has 1 saturated carbocycles. The van der Waals surface area contributed by atoms with Gasteiger partial charge in [-0.05, 0) is 19.3 Å². The maximum atomic E-state index is 13.1. The van der Waals surface area contributed by atoms with Gasteiger partial charge in [-0.2, -0.15) is 10.2 Å². The van der Waals surface area contributed by atoms with Crippen molar-refractivity contribution >= 4 is 17.5 Å². The van der Waals surface area contributed by atoms with Crippen molar-refractivity contribution in [3.05, 3.63) is 30.4 Å². The lowest BCUT2D eigenvalue weighted by Gasteiger charge is -2.34. The molecule has 0 aromatic carbocycles. The van der Waals surface area contributed by atoms with Crippen LogP contribution in [0.25, 0.3) is 0 Å². The fourth-order valence-corrected chi connectivity index (χ4v) is 3.51. The largest absolute Gasteiger partial charge is 0.327 e. The van der Waals surface area contributed by atoms with Crippen molar-refractivity contribution in [2.45, 2.75) is 43.7 Å². The first-order valence-electron chi connectivity index (χ1n) is 8.87. The smallest absolute Gasteiger partial charge is 0.314 e. The highest BCUT2D eigenvalue weighted by atomic mass is 19.3. The van der Waals surface area contributed by atoms with Crippen molar-refractivity contribution in [1.29, 1.82) is 0 Å². The molecule has 1 aliphatic carbocycles. The lowest BCUT2D eigenvalue weighted by molar-refractivity contribution is -0.145. The van der Waals surface area contributed by atoms with Gasteiger partial charge in [0.25, 0.3) is 5.92 Å². The van der Waals surface area contributed by atoms with E-state index in [1.165, 1.54) is 12.4 Å². The molecule has 3 heterocycles. The summed E-state index contributed by atoms with van der Waals surface area (Å²) < 4.78 is 29.0. The molecule has 0 bridgehead atoms. The van der Waals surface area contributed by atoms with Crippen molar-refractivity contribution in [3.63, 3.8) is 0 Å². The zero-order chi connectivity index (χ0) is 19.2. The van der Waals surface area contributed by atoms with Gasteiger partial charge in [-0.25, -0.2) is 8.78 Å². The number of piperidine rings is 1. The van der Waals surface area contributed by atoms with E-state index >= 15 is 0 Å². The fourth-order valence-electron chi connectivity index (χ4n) is 3.51. The number of amides is 2. The summed E-state index contributed by atoms with van der Waals surface area (Å²) in [7, 11) is 1.80. The first-order valence-corrected chi connectivity index (χ1v) is 8.87. The minimum atomic E-state index is -2.76. The number of nitrogens with one attached hydrogen (secondary N) is 1. The summed E-state index contributed by atoms with van der Waals surface area (Å²) in [6.07, 6.45) is 8.43. The Morgan fingerprint density at radius 2 is 2.00 bits per heavy atom. The molecular weight excluding hydrogens is 358 g/mol. The molecule has 1 saturated heterocycles. The fraction of sp³-hybridized carbons (Fsp3) is 0.529. The first-order chi connectivity index (χ1) is 12.8. The molecule has 27 heavy (non-hydrogen) atoms. The van der Waals surface area contributed by atoms with Gasteiger partial charge in [-0.15, -0.1) is 0 Å². The molecule has 2 atom stereocenters. The van der Waals surface area contributed by atoms with Gasteiger partial charge in [-0.3, -0.25) is 19.0 Å². The van der Waals surface area contributed by atoms with Gasteiger partial charge in [0.1, 0.15) is 6.04 Å². The van der Waals surface area contributed by atoms with Crippen molar-refractivity contribution in [1.82, 2.24) is 24.5 Å². The van der Waals surface area contributed by atoms with Crippen molar-refractivity contribution in [2.75, 3.05) is 11.9 Å². The van der Waals surface area contributed by atoms with Crippen LogP contribution in [0, 0.1) is 0 Å². The molecule has 2 fully saturated rings. The summed E-state index contributed by atoms with van der Waals surface area (Å²) >= 11 is 0. The van der Waals surface area contributed by atoms with Crippen LogP contribution in [0.4, 0.5) is 14.5 Å². The van der Waals surface area contributed by atoms with Crippen LogP contribution in [-0.4, -0.2) is 48.7 Å². The Balaban J connectivity index is 1.44. The summed E-state index contributed by atoms with van der Waals surface area (Å²) in [6.45, 7) is 0.485. The van der Waals surface area contributed by atoms with E-state index in [-0.39, 0.29) is 18.2 Å². The summed E-state index contributed by atoms with van der Waals surface area (Å²) in [5, 5.41) is 10.5. The molecule has 0 radical (unpaired) electrons. The highest BCUT2D eigenvalue weighted by molar-refractivity contribution is 6.39. The highest BCUT2D eigenvalue weighted by Crippen LogP contribution is 2.52. The van der Waals surface area contributed by atoms with E-state index in [0.29, 0.717) is 6.54 Å². The molecule has 144 valence electrons. The van der Waals surface area contributed by atoms with Gasteiger partial charge in [0.2, 0.25) is 0 Å². The average molecular weight is 378 g/mol. The minimum Gasteiger partial charge on any atom is -0.327 e. The molecule has 2 aromatic heterocycles. The van der Waals surface area contributed by atoms with Crippen molar-refractivity contribution in [2.24, 2.45) is 7.05 Å². The van der Waals surface area contributed by atoms with Crippen LogP contribution in [0.15, 0.2) is 24.8 Å². The Hall–Kier alpha value is -2.78. The normalized spacial score (nSPS) is 23.9. The number of anilines is 1. The van der Waals surface area contributed by atoms with Gasteiger partial charge in [0.05, 0.1) is 24.1 Å². The van der Waals surface area contributed by atoms with Crippen LogP contribution in [0.2, 0.25) is 0 Å². The van der Waals surface area contributed by atoms with Crippen molar-refractivity contribution < 1.29 is 18.4 Å². The minimum absolute atomic E-state index is 0.196. The van der Waals surface area contributed by atoms with Crippen LogP contribution < -0.4 is 5.32 Å². The van der Waals surface area contributed by atoms with Crippen LogP contribution >= 0.6 is 0 Å². The summed E-state index contributed by atoms with van der Waals surface area (Å²) in [4.78, 5) is 26.6. The van der Waals surface area contributed by atoms with Crippen molar-refractivity contribution in [3.8, 4) is 0 Å². The second-order valence-corrected chi connectivity index (χ2v) is 7.10.